The van der Waals surface area contributed by atoms with Crippen LogP contribution in [0.1, 0.15) is 31.7 Å². The highest BCUT2D eigenvalue weighted by Crippen LogP contribution is 2.40. The number of aryl methyl sites for hydroxylation is 1. The molecule has 20 heavy (non-hydrogen) atoms. The molecule has 0 heterocycles. The van der Waals surface area contributed by atoms with Gasteiger partial charge in [0.25, 0.3) is 0 Å². The van der Waals surface area contributed by atoms with E-state index in [0.717, 1.165) is 30.5 Å². The van der Waals surface area contributed by atoms with Crippen LogP contribution in [-0.4, -0.2) is 17.9 Å². The topological polar surface area (TPSA) is 58.2 Å². The van der Waals surface area contributed by atoms with Crippen LogP contribution in [-0.2, 0) is 16.0 Å². The van der Waals surface area contributed by atoms with Crippen molar-refractivity contribution >= 4 is 17.5 Å². The first-order chi connectivity index (χ1) is 9.69. The Hall–Kier alpha value is -1.84. The fourth-order valence-corrected chi connectivity index (χ4v) is 2.49. The lowest BCUT2D eigenvalue weighted by atomic mass is 10.1. The molecular formula is C16H20N2O2. The summed E-state index contributed by atoms with van der Waals surface area (Å²) in [6.07, 6.45) is 3.73. The molecule has 2 aliphatic rings. The summed E-state index contributed by atoms with van der Waals surface area (Å²) in [6.45, 7) is 2.06. The van der Waals surface area contributed by atoms with Gasteiger partial charge in [0.2, 0.25) is 11.8 Å². The van der Waals surface area contributed by atoms with Crippen molar-refractivity contribution < 1.29 is 9.59 Å². The molecule has 2 saturated carbocycles. The summed E-state index contributed by atoms with van der Waals surface area (Å²) in [5.41, 5.74) is 1.99. The van der Waals surface area contributed by atoms with Crippen LogP contribution < -0.4 is 10.6 Å². The average molecular weight is 272 g/mol. The number of carbonyl (C=O) groups is 2. The Morgan fingerprint density at radius 2 is 1.85 bits per heavy atom. The third-order valence-corrected chi connectivity index (χ3v) is 4.04. The third-order valence-electron chi connectivity index (χ3n) is 4.04. The van der Waals surface area contributed by atoms with Crippen LogP contribution in [0.15, 0.2) is 24.3 Å². The SMILES string of the molecule is CCc1ccccc1NC(=O)C1CC1C(=O)NC1CC1. The van der Waals surface area contributed by atoms with Gasteiger partial charge in [-0.1, -0.05) is 25.1 Å². The molecule has 0 saturated heterocycles. The van der Waals surface area contributed by atoms with E-state index in [2.05, 4.69) is 17.6 Å². The molecule has 2 atom stereocenters. The van der Waals surface area contributed by atoms with Gasteiger partial charge in [0.1, 0.15) is 0 Å². The zero-order valence-corrected chi connectivity index (χ0v) is 11.7. The molecule has 2 amide bonds. The van der Waals surface area contributed by atoms with E-state index in [0.29, 0.717) is 12.5 Å². The fourth-order valence-electron chi connectivity index (χ4n) is 2.49. The number of anilines is 1. The summed E-state index contributed by atoms with van der Waals surface area (Å²) in [4.78, 5) is 24.0. The van der Waals surface area contributed by atoms with Crippen LogP contribution in [0.2, 0.25) is 0 Å². The molecule has 2 unspecified atom stereocenters. The molecular weight excluding hydrogens is 252 g/mol. The minimum absolute atomic E-state index is 0.0261. The molecule has 3 rings (SSSR count). The number of amides is 2. The van der Waals surface area contributed by atoms with Gasteiger partial charge >= 0.3 is 0 Å². The van der Waals surface area contributed by atoms with Gasteiger partial charge in [-0.15, -0.1) is 0 Å². The molecule has 0 spiro atoms. The van der Waals surface area contributed by atoms with Crippen LogP contribution in [0, 0.1) is 11.8 Å². The summed E-state index contributed by atoms with van der Waals surface area (Å²) in [6, 6.07) is 8.18. The van der Waals surface area contributed by atoms with E-state index in [4.69, 9.17) is 0 Å². The minimum Gasteiger partial charge on any atom is -0.353 e. The minimum atomic E-state index is -0.154. The Bertz CT molecular complexity index is 537. The van der Waals surface area contributed by atoms with E-state index in [9.17, 15) is 9.59 Å². The number of benzene rings is 1. The largest absolute Gasteiger partial charge is 0.353 e. The lowest BCUT2D eigenvalue weighted by molar-refractivity contribution is -0.125. The van der Waals surface area contributed by atoms with Crippen LogP contribution in [0.4, 0.5) is 5.69 Å². The predicted molar refractivity (Wildman–Crippen MR) is 77.2 cm³/mol. The molecule has 106 valence electrons. The van der Waals surface area contributed by atoms with Gasteiger partial charge in [0, 0.05) is 11.7 Å². The standard InChI is InChI=1S/C16H20N2O2/c1-2-10-5-3-4-6-14(10)18-16(20)13-9-12(13)15(19)17-11-7-8-11/h3-6,11-13H,2,7-9H2,1H3,(H,17,19)(H,18,20). The summed E-state index contributed by atoms with van der Waals surface area (Å²) in [5, 5.41) is 5.93. The van der Waals surface area contributed by atoms with Crippen molar-refractivity contribution in [2.75, 3.05) is 5.32 Å². The molecule has 2 aliphatic carbocycles. The van der Waals surface area contributed by atoms with Crippen molar-refractivity contribution in [3.05, 3.63) is 29.8 Å². The normalized spacial score (nSPS) is 24.1. The molecule has 4 nitrogen and oxygen atoms in total. The summed E-state index contributed by atoms with van der Waals surface area (Å²) in [7, 11) is 0. The molecule has 2 fully saturated rings. The Kier molecular flexibility index (Phi) is 3.47. The molecule has 1 aromatic carbocycles. The first-order valence-electron chi connectivity index (χ1n) is 7.38. The van der Waals surface area contributed by atoms with Crippen molar-refractivity contribution in [1.82, 2.24) is 5.32 Å². The Balaban J connectivity index is 1.56. The molecule has 0 aromatic heterocycles. The van der Waals surface area contributed by atoms with Crippen molar-refractivity contribution in [3.63, 3.8) is 0 Å². The molecule has 2 N–H and O–H groups in total. The van der Waals surface area contributed by atoms with Gasteiger partial charge in [0.15, 0.2) is 0 Å². The zero-order chi connectivity index (χ0) is 14.1. The fraction of sp³-hybridized carbons (Fsp3) is 0.500. The third kappa shape index (κ3) is 2.84. The molecule has 1 aromatic rings. The second-order valence-electron chi connectivity index (χ2n) is 5.73. The summed E-state index contributed by atoms with van der Waals surface area (Å²) < 4.78 is 0. The maximum absolute atomic E-state index is 12.2. The highest BCUT2D eigenvalue weighted by Gasteiger charge is 2.48. The van der Waals surface area contributed by atoms with Crippen LogP contribution in [0.3, 0.4) is 0 Å². The molecule has 4 heteroatoms. The molecule has 0 aliphatic heterocycles. The highest BCUT2D eigenvalue weighted by molar-refractivity contribution is 6.00. The maximum Gasteiger partial charge on any atom is 0.228 e. The molecule has 0 radical (unpaired) electrons. The van der Waals surface area contributed by atoms with Gasteiger partial charge in [-0.2, -0.15) is 0 Å². The Morgan fingerprint density at radius 1 is 1.15 bits per heavy atom. The van der Waals surface area contributed by atoms with E-state index in [1.807, 2.05) is 24.3 Å². The predicted octanol–water partition coefficient (Wildman–Crippen LogP) is 2.10. The average Bonchev–Trinajstić information content (AvgIpc) is 3.32. The number of hydrogen-bond acceptors (Lipinski definition) is 2. The highest BCUT2D eigenvalue weighted by atomic mass is 16.2. The number of rotatable bonds is 5. The summed E-state index contributed by atoms with van der Waals surface area (Å²) >= 11 is 0. The van der Waals surface area contributed by atoms with Gasteiger partial charge in [-0.05, 0) is 37.3 Å². The monoisotopic (exact) mass is 272 g/mol. The van der Waals surface area contributed by atoms with Crippen molar-refractivity contribution in [2.24, 2.45) is 11.8 Å². The van der Waals surface area contributed by atoms with E-state index >= 15 is 0 Å². The second kappa shape index (κ2) is 5.27. The van der Waals surface area contributed by atoms with E-state index in [1.54, 1.807) is 0 Å². The van der Waals surface area contributed by atoms with Gasteiger partial charge in [-0.3, -0.25) is 9.59 Å². The smallest absolute Gasteiger partial charge is 0.228 e. The van der Waals surface area contributed by atoms with E-state index in [-0.39, 0.29) is 23.7 Å². The summed E-state index contributed by atoms with van der Waals surface area (Å²) in [5.74, 6) is -0.249. The Morgan fingerprint density at radius 3 is 2.55 bits per heavy atom. The lowest BCUT2D eigenvalue weighted by Crippen LogP contribution is -2.29. The van der Waals surface area contributed by atoms with Gasteiger partial charge < -0.3 is 10.6 Å². The van der Waals surface area contributed by atoms with Crippen LogP contribution >= 0.6 is 0 Å². The van der Waals surface area contributed by atoms with E-state index < -0.39 is 0 Å². The van der Waals surface area contributed by atoms with Crippen molar-refractivity contribution in [3.8, 4) is 0 Å². The quantitative estimate of drug-likeness (QED) is 0.862. The van der Waals surface area contributed by atoms with E-state index in [1.165, 1.54) is 0 Å². The van der Waals surface area contributed by atoms with Crippen LogP contribution in [0.25, 0.3) is 0 Å². The zero-order valence-electron chi connectivity index (χ0n) is 11.7. The van der Waals surface area contributed by atoms with Crippen molar-refractivity contribution in [2.45, 2.75) is 38.6 Å². The van der Waals surface area contributed by atoms with Crippen molar-refractivity contribution in [1.29, 1.82) is 0 Å². The molecule has 0 bridgehead atoms. The first-order valence-corrected chi connectivity index (χ1v) is 7.38. The number of para-hydroxylation sites is 1. The van der Waals surface area contributed by atoms with Gasteiger partial charge in [-0.25, -0.2) is 0 Å². The number of nitrogens with one attached hydrogen (secondary N) is 2. The maximum atomic E-state index is 12.2. The van der Waals surface area contributed by atoms with Gasteiger partial charge in [0.05, 0.1) is 11.8 Å². The van der Waals surface area contributed by atoms with Crippen LogP contribution in [0.5, 0.6) is 0 Å². The number of carbonyl (C=O) groups excluding carboxylic acids is 2. The Labute approximate surface area is 118 Å². The lowest BCUT2D eigenvalue weighted by Gasteiger charge is -2.09. The first kappa shape index (κ1) is 13.2. The number of hydrogen-bond donors (Lipinski definition) is 2. The second-order valence-corrected chi connectivity index (χ2v) is 5.73.